The van der Waals surface area contributed by atoms with Gasteiger partial charge in [-0.1, -0.05) is 30.3 Å². The van der Waals surface area contributed by atoms with Gasteiger partial charge in [-0.2, -0.15) is 0 Å². The van der Waals surface area contributed by atoms with Gasteiger partial charge in [0.25, 0.3) is 5.91 Å². The molecule has 20 heavy (non-hydrogen) atoms. The zero-order chi connectivity index (χ0) is 14.4. The molecular formula is C16H17NO2S. The van der Waals surface area contributed by atoms with Crippen molar-refractivity contribution in [3.05, 3.63) is 65.7 Å². The van der Waals surface area contributed by atoms with Crippen LogP contribution >= 0.6 is 12.6 Å². The van der Waals surface area contributed by atoms with Crippen LogP contribution in [0.3, 0.4) is 0 Å². The molecule has 1 N–H and O–H groups in total. The number of amides is 1. The van der Waals surface area contributed by atoms with Crippen molar-refractivity contribution in [1.82, 2.24) is 4.90 Å². The van der Waals surface area contributed by atoms with Gasteiger partial charge in [0.2, 0.25) is 0 Å². The summed E-state index contributed by atoms with van der Waals surface area (Å²) in [7, 11) is 0. The van der Waals surface area contributed by atoms with Crippen LogP contribution in [-0.4, -0.2) is 29.1 Å². The van der Waals surface area contributed by atoms with Crippen LogP contribution in [0.25, 0.3) is 0 Å². The maximum atomic E-state index is 12.4. The van der Waals surface area contributed by atoms with E-state index in [1.165, 1.54) is 0 Å². The summed E-state index contributed by atoms with van der Waals surface area (Å²) in [6, 6.07) is 16.8. The van der Waals surface area contributed by atoms with Crippen molar-refractivity contribution in [3.8, 4) is 0 Å². The predicted molar refractivity (Wildman–Crippen MR) is 82.0 cm³/mol. The first-order chi connectivity index (χ1) is 9.70. The van der Waals surface area contributed by atoms with Crippen molar-refractivity contribution in [2.45, 2.75) is 11.4 Å². The molecule has 0 fully saturated rings. The Kier molecular flexibility index (Phi) is 5.21. The maximum absolute atomic E-state index is 12.4. The second-order valence-corrected chi connectivity index (χ2v) is 5.00. The Morgan fingerprint density at radius 2 is 1.70 bits per heavy atom. The third-order valence-corrected chi connectivity index (χ3v) is 3.29. The van der Waals surface area contributed by atoms with Crippen molar-refractivity contribution >= 4 is 18.5 Å². The van der Waals surface area contributed by atoms with Crippen molar-refractivity contribution in [1.29, 1.82) is 0 Å². The van der Waals surface area contributed by atoms with Gasteiger partial charge in [-0.05, 0) is 29.8 Å². The summed E-state index contributed by atoms with van der Waals surface area (Å²) in [6.45, 7) is 0.752. The van der Waals surface area contributed by atoms with E-state index in [0.29, 0.717) is 18.7 Å². The topological polar surface area (TPSA) is 40.5 Å². The van der Waals surface area contributed by atoms with Gasteiger partial charge in [-0.3, -0.25) is 4.79 Å². The van der Waals surface area contributed by atoms with Gasteiger partial charge in [0.15, 0.2) is 0 Å². The lowest BCUT2D eigenvalue weighted by molar-refractivity contribution is 0.0708. The molecule has 2 rings (SSSR count). The van der Waals surface area contributed by atoms with Gasteiger partial charge in [-0.25, -0.2) is 0 Å². The van der Waals surface area contributed by atoms with Gasteiger partial charge >= 0.3 is 0 Å². The maximum Gasteiger partial charge on any atom is 0.254 e. The van der Waals surface area contributed by atoms with Crippen LogP contribution < -0.4 is 0 Å². The third-order valence-electron chi connectivity index (χ3n) is 2.99. The number of thiol groups is 1. The largest absolute Gasteiger partial charge is 0.395 e. The smallest absolute Gasteiger partial charge is 0.254 e. The number of hydrogen-bond acceptors (Lipinski definition) is 3. The summed E-state index contributed by atoms with van der Waals surface area (Å²) in [5.74, 6) is -0.0868. The highest BCUT2D eigenvalue weighted by Crippen LogP contribution is 2.12. The summed E-state index contributed by atoms with van der Waals surface area (Å²) in [4.78, 5) is 14.9. The van der Waals surface area contributed by atoms with E-state index in [4.69, 9.17) is 5.11 Å². The summed E-state index contributed by atoms with van der Waals surface area (Å²) >= 11 is 4.21. The Labute approximate surface area is 124 Å². The quantitative estimate of drug-likeness (QED) is 0.830. The molecule has 0 unspecified atom stereocenters. The molecule has 0 atom stereocenters. The number of benzene rings is 2. The molecule has 0 saturated carbocycles. The summed E-state index contributed by atoms with van der Waals surface area (Å²) in [5.41, 5.74) is 1.65. The molecule has 0 aliphatic rings. The fraction of sp³-hybridized carbons (Fsp3) is 0.188. The molecule has 1 amide bonds. The lowest BCUT2D eigenvalue weighted by Crippen LogP contribution is -2.33. The molecule has 0 spiro atoms. The third kappa shape index (κ3) is 3.85. The number of nitrogens with zero attached hydrogens (tertiary/aromatic N) is 1. The van der Waals surface area contributed by atoms with E-state index in [2.05, 4.69) is 12.6 Å². The first-order valence-corrected chi connectivity index (χ1v) is 6.88. The molecule has 4 heteroatoms. The second-order valence-electron chi connectivity index (χ2n) is 4.48. The molecule has 2 aromatic carbocycles. The molecule has 0 heterocycles. The fourth-order valence-corrected chi connectivity index (χ4v) is 2.11. The zero-order valence-corrected chi connectivity index (χ0v) is 12.0. The molecular weight excluding hydrogens is 270 g/mol. The molecule has 0 bridgehead atoms. The van der Waals surface area contributed by atoms with Crippen LogP contribution in [0.2, 0.25) is 0 Å². The van der Waals surface area contributed by atoms with Crippen LogP contribution in [-0.2, 0) is 6.54 Å². The van der Waals surface area contributed by atoms with Crippen LogP contribution in [0.1, 0.15) is 15.9 Å². The predicted octanol–water partition coefficient (Wildman–Crippen LogP) is 2.61. The van der Waals surface area contributed by atoms with Gasteiger partial charge in [0.05, 0.1) is 6.61 Å². The Morgan fingerprint density at radius 1 is 1.05 bits per heavy atom. The summed E-state index contributed by atoms with van der Waals surface area (Å²) in [5, 5.41) is 9.15. The highest BCUT2D eigenvalue weighted by molar-refractivity contribution is 7.80. The highest BCUT2D eigenvalue weighted by Gasteiger charge is 2.15. The number of carbonyl (C=O) groups is 1. The average Bonchev–Trinajstić information content (AvgIpc) is 2.48. The minimum atomic E-state index is -0.0868. The van der Waals surface area contributed by atoms with E-state index in [1.807, 2.05) is 30.3 Å². The van der Waals surface area contributed by atoms with E-state index in [9.17, 15) is 4.79 Å². The van der Waals surface area contributed by atoms with Crippen molar-refractivity contribution in [2.75, 3.05) is 13.2 Å². The van der Waals surface area contributed by atoms with E-state index in [-0.39, 0.29) is 12.5 Å². The summed E-state index contributed by atoms with van der Waals surface area (Å²) < 4.78 is 0. The van der Waals surface area contributed by atoms with Crippen LogP contribution in [0.4, 0.5) is 0 Å². The van der Waals surface area contributed by atoms with Crippen LogP contribution in [0, 0.1) is 0 Å². The Morgan fingerprint density at radius 3 is 2.30 bits per heavy atom. The molecule has 0 aliphatic carbocycles. The van der Waals surface area contributed by atoms with Gasteiger partial charge in [0.1, 0.15) is 0 Å². The first kappa shape index (κ1) is 14.6. The lowest BCUT2D eigenvalue weighted by atomic mass is 10.1. The fourth-order valence-electron chi connectivity index (χ4n) is 1.96. The molecule has 3 nitrogen and oxygen atoms in total. The first-order valence-electron chi connectivity index (χ1n) is 6.44. The number of aliphatic hydroxyl groups excluding tert-OH is 1. The molecule has 0 aliphatic heterocycles. The van der Waals surface area contributed by atoms with Crippen LogP contribution in [0.5, 0.6) is 0 Å². The van der Waals surface area contributed by atoms with Gasteiger partial charge in [0, 0.05) is 23.5 Å². The normalized spacial score (nSPS) is 10.3. The number of aliphatic hydroxyl groups is 1. The Hall–Kier alpha value is -1.78. The van der Waals surface area contributed by atoms with E-state index in [0.717, 1.165) is 10.5 Å². The van der Waals surface area contributed by atoms with Crippen molar-refractivity contribution < 1.29 is 9.90 Å². The number of hydrogen-bond donors (Lipinski definition) is 2. The van der Waals surface area contributed by atoms with Gasteiger partial charge < -0.3 is 10.0 Å². The molecule has 0 radical (unpaired) electrons. The minimum absolute atomic E-state index is 0.0524. The van der Waals surface area contributed by atoms with Crippen LogP contribution in [0.15, 0.2) is 59.5 Å². The monoisotopic (exact) mass is 287 g/mol. The van der Waals surface area contributed by atoms with E-state index in [1.54, 1.807) is 29.2 Å². The SMILES string of the molecule is O=C(c1ccc(S)cc1)N(CCO)Cc1ccccc1. The average molecular weight is 287 g/mol. The molecule has 104 valence electrons. The van der Waals surface area contributed by atoms with E-state index < -0.39 is 0 Å². The van der Waals surface area contributed by atoms with E-state index >= 15 is 0 Å². The highest BCUT2D eigenvalue weighted by atomic mass is 32.1. The lowest BCUT2D eigenvalue weighted by Gasteiger charge is -2.22. The number of rotatable bonds is 5. The second kappa shape index (κ2) is 7.12. The molecule has 0 aromatic heterocycles. The minimum Gasteiger partial charge on any atom is -0.395 e. The summed E-state index contributed by atoms with van der Waals surface area (Å²) in [6.07, 6.45) is 0. The Balaban J connectivity index is 2.15. The molecule has 0 saturated heterocycles. The molecule has 2 aromatic rings. The Bertz CT molecular complexity index is 554. The van der Waals surface area contributed by atoms with Crippen molar-refractivity contribution in [3.63, 3.8) is 0 Å². The number of carbonyl (C=O) groups excluding carboxylic acids is 1. The van der Waals surface area contributed by atoms with Crippen molar-refractivity contribution in [2.24, 2.45) is 0 Å². The van der Waals surface area contributed by atoms with Gasteiger partial charge in [-0.15, -0.1) is 12.6 Å². The zero-order valence-electron chi connectivity index (χ0n) is 11.1. The standard InChI is InChI=1S/C16H17NO2S/c18-11-10-17(12-13-4-2-1-3-5-13)16(19)14-6-8-15(20)9-7-14/h1-9,18,20H,10-12H2.